The van der Waals surface area contributed by atoms with E-state index < -0.39 is 11.2 Å². The second-order valence-electron chi connectivity index (χ2n) is 5.44. The highest BCUT2D eigenvalue weighted by molar-refractivity contribution is 8.15. The minimum atomic E-state index is -1.04. The summed E-state index contributed by atoms with van der Waals surface area (Å²) in [6.45, 7) is 0. The number of hydrogen-bond donors (Lipinski definition) is 3. The summed E-state index contributed by atoms with van der Waals surface area (Å²) < 4.78 is 0. The fourth-order valence-corrected chi connectivity index (χ4v) is 3.15. The van der Waals surface area contributed by atoms with Crippen molar-refractivity contribution in [2.75, 3.05) is 0 Å². The number of hydrogen-bond acceptors (Lipinski definition) is 6. The van der Waals surface area contributed by atoms with Crippen LogP contribution in [0.2, 0.25) is 0 Å². The summed E-state index contributed by atoms with van der Waals surface area (Å²) in [5, 5.41) is 28.4. The summed E-state index contributed by atoms with van der Waals surface area (Å²) in [5.41, 5.74) is 1.73. The SMILES string of the molecule is O=C(O)CC1SC(=NN=Cc2cc(C3CC3)ccc2O)NC1=O. The third-order valence-electron chi connectivity index (χ3n) is 3.58. The van der Waals surface area contributed by atoms with E-state index in [2.05, 4.69) is 15.5 Å². The van der Waals surface area contributed by atoms with Gasteiger partial charge in [0.2, 0.25) is 5.91 Å². The minimum Gasteiger partial charge on any atom is -0.507 e. The number of amidine groups is 1. The first-order chi connectivity index (χ1) is 11.0. The average Bonchev–Trinajstić information content (AvgIpc) is 3.27. The van der Waals surface area contributed by atoms with Crippen LogP contribution in [0, 0.1) is 0 Å². The molecule has 1 aromatic carbocycles. The van der Waals surface area contributed by atoms with Crippen molar-refractivity contribution in [1.82, 2.24) is 5.32 Å². The highest BCUT2D eigenvalue weighted by Gasteiger charge is 2.32. The molecule has 3 N–H and O–H groups in total. The molecule has 7 nitrogen and oxygen atoms in total. The molecule has 1 saturated heterocycles. The Morgan fingerprint density at radius 1 is 1.43 bits per heavy atom. The molecular formula is C15H15N3O4S. The number of amides is 1. The molecule has 0 radical (unpaired) electrons. The molecule has 120 valence electrons. The summed E-state index contributed by atoms with van der Waals surface area (Å²) in [6, 6.07) is 5.42. The molecule has 3 rings (SSSR count). The van der Waals surface area contributed by atoms with Crippen LogP contribution in [0.15, 0.2) is 28.4 Å². The Balaban J connectivity index is 1.68. The molecular weight excluding hydrogens is 318 g/mol. The Labute approximate surface area is 136 Å². The van der Waals surface area contributed by atoms with E-state index in [0.717, 1.165) is 24.6 Å². The molecule has 0 aromatic heterocycles. The lowest BCUT2D eigenvalue weighted by molar-refractivity contribution is -0.138. The zero-order valence-corrected chi connectivity index (χ0v) is 12.9. The number of rotatable bonds is 5. The zero-order chi connectivity index (χ0) is 16.4. The standard InChI is InChI=1S/C15H15N3O4S/c19-11-4-3-9(8-1-2-8)5-10(11)7-16-18-15-17-14(22)12(23-15)6-13(20)21/h3-5,7-8,12,19H,1-2,6H2,(H,20,21)(H,17,18,22). The van der Waals surface area contributed by atoms with Crippen molar-refractivity contribution in [3.63, 3.8) is 0 Å². The highest BCUT2D eigenvalue weighted by atomic mass is 32.2. The van der Waals surface area contributed by atoms with Crippen molar-refractivity contribution >= 4 is 35.0 Å². The lowest BCUT2D eigenvalue weighted by atomic mass is 10.1. The molecule has 1 saturated carbocycles. The van der Waals surface area contributed by atoms with Gasteiger partial charge in [0.1, 0.15) is 11.0 Å². The van der Waals surface area contributed by atoms with Crippen molar-refractivity contribution in [2.45, 2.75) is 30.4 Å². The van der Waals surface area contributed by atoms with Crippen LogP contribution in [0.3, 0.4) is 0 Å². The van der Waals surface area contributed by atoms with E-state index in [0.29, 0.717) is 11.5 Å². The van der Waals surface area contributed by atoms with E-state index in [4.69, 9.17) is 5.11 Å². The number of carbonyl (C=O) groups is 2. The van der Waals surface area contributed by atoms with Crippen molar-refractivity contribution in [1.29, 1.82) is 0 Å². The molecule has 1 unspecified atom stereocenters. The normalized spacial score (nSPS) is 22.7. The van der Waals surface area contributed by atoms with Gasteiger partial charge in [-0.15, -0.1) is 5.10 Å². The number of benzene rings is 1. The number of carboxylic acids is 1. The predicted octanol–water partition coefficient (Wildman–Crippen LogP) is 1.67. The molecule has 23 heavy (non-hydrogen) atoms. The van der Waals surface area contributed by atoms with Crippen molar-refractivity contribution < 1.29 is 19.8 Å². The number of carbonyl (C=O) groups excluding carboxylic acids is 1. The zero-order valence-electron chi connectivity index (χ0n) is 12.1. The fraction of sp³-hybridized carbons (Fsp3) is 0.333. The molecule has 1 amide bonds. The van der Waals surface area contributed by atoms with Crippen LogP contribution in [0.4, 0.5) is 0 Å². The second-order valence-corrected chi connectivity index (χ2v) is 6.63. The topological polar surface area (TPSA) is 111 Å². The maximum atomic E-state index is 11.6. The van der Waals surface area contributed by atoms with E-state index in [-0.39, 0.29) is 23.2 Å². The Hall–Kier alpha value is -2.35. The molecule has 8 heteroatoms. The van der Waals surface area contributed by atoms with Crippen LogP contribution in [0.5, 0.6) is 5.75 Å². The number of aromatic hydroxyl groups is 1. The molecule has 2 fully saturated rings. The summed E-state index contributed by atoms with van der Waals surface area (Å²) >= 11 is 1.04. The number of aliphatic carboxylic acids is 1. The maximum Gasteiger partial charge on any atom is 0.305 e. The largest absolute Gasteiger partial charge is 0.507 e. The van der Waals surface area contributed by atoms with Gasteiger partial charge in [-0.25, -0.2) is 0 Å². The van der Waals surface area contributed by atoms with Gasteiger partial charge in [-0.2, -0.15) is 5.10 Å². The molecule has 1 aliphatic heterocycles. The van der Waals surface area contributed by atoms with Gasteiger partial charge in [0.15, 0.2) is 5.17 Å². The number of carboxylic acid groups (broad SMARTS) is 1. The third kappa shape index (κ3) is 3.89. The summed E-state index contributed by atoms with van der Waals surface area (Å²) in [7, 11) is 0. The maximum absolute atomic E-state index is 11.6. The smallest absolute Gasteiger partial charge is 0.305 e. The molecule has 1 aliphatic carbocycles. The van der Waals surface area contributed by atoms with Gasteiger partial charge >= 0.3 is 5.97 Å². The number of nitrogens with zero attached hydrogens (tertiary/aromatic N) is 2. The Bertz CT molecular complexity index is 713. The molecule has 0 spiro atoms. The van der Waals surface area contributed by atoms with Gasteiger partial charge in [-0.1, -0.05) is 17.8 Å². The quantitative estimate of drug-likeness (QED) is 0.560. The van der Waals surface area contributed by atoms with Crippen LogP contribution in [-0.4, -0.2) is 38.7 Å². The molecule has 0 bridgehead atoms. The molecule has 1 heterocycles. The third-order valence-corrected chi connectivity index (χ3v) is 4.65. The van der Waals surface area contributed by atoms with Crippen LogP contribution in [-0.2, 0) is 9.59 Å². The summed E-state index contributed by atoms with van der Waals surface area (Å²) in [5.74, 6) is -0.741. The second kappa shape index (κ2) is 6.41. The first-order valence-electron chi connectivity index (χ1n) is 7.16. The summed E-state index contributed by atoms with van der Waals surface area (Å²) in [4.78, 5) is 22.2. The van der Waals surface area contributed by atoms with Crippen LogP contribution >= 0.6 is 11.8 Å². The lowest BCUT2D eigenvalue weighted by Crippen LogP contribution is -2.26. The molecule has 1 aromatic rings. The number of thioether (sulfide) groups is 1. The van der Waals surface area contributed by atoms with Gasteiger partial charge < -0.3 is 15.5 Å². The first kappa shape index (κ1) is 15.5. The number of nitrogens with one attached hydrogen (secondary N) is 1. The van der Waals surface area contributed by atoms with Crippen LogP contribution < -0.4 is 5.32 Å². The Kier molecular flexibility index (Phi) is 4.33. The lowest BCUT2D eigenvalue weighted by Gasteiger charge is -2.02. The minimum absolute atomic E-state index is 0.116. The van der Waals surface area contributed by atoms with E-state index >= 15 is 0 Å². The fourth-order valence-electron chi connectivity index (χ4n) is 2.24. The highest BCUT2D eigenvalue weighted by Crippen LogP contribution is 2.40. The van der Waals surface area contributed by atoms with Gasteiger partial charge in [0.25, 0.3) is 0 Å². The van der Waals surface area contributed by atoms with Crippen molar-refractivity contribution in [3.8, 4) is 5.75 Å². The number of phenols is 1. The monoisotopic (exact) mass is 333 g/mol. The predicted molar refractivity (Wildman–Crippen MR) is 86.9 cm³/mol. The van der Waals surface area contributed by atoms with E-state index in [1.807, 2.05) is 12.1 Å². The molecule has 1 atom stereocenters. The van der Waals surface area contributed by atoms with E-state index in [1.165, 1.54) is 11.8 Å². The first-order valence-corrected chi connectivity index (χ1v) is 8.04. The number of phenolic OH excluding ortho intramolecular Hbond substituents is 1. The molecule has 2 aliphatic rings. The van der Waals surface area contributed by atoms with Gasteiger partial charge in [0.05, 0.1) is 12.6 Å². The Morgan fingerprint density at radius 2 is 2.22 bits per heavy atom. The van der Waals surface area contributed by atoms with Gasteiger partial charge in [-0.3, -0.25) is 9.59 Å². The average molecular weight is 333 g/mol. The van der Waals surface area contributed by atoms with Gasteiger partial charge in [0, 0.05) is 5.56 Å². The summed E-state index contributed by atoms with van der Waals surface area (Å²) in [6.07, 6.45) is 3.49. The van der Waals surface area contributed by atoms with E-state index in [9.17, 15) is 14.7 Å². The van der Waals surface area contributed by atoms with Crippen LogP contribution in [0.1, 0.15) is 36.3 Å². The Morgan fingerprint density at radius 3 is 2.91 bits per heavy atom. The van der Waals surface area contributed by atoms with Crippen molar-refractivity contribution in [2.24, 2.45) is 10.2 Å². The van der Waals surface area contributed by atoms with Crippen molar-refractivity contribution in [3.05, 3.63) is 29.3 Å². The van der Waals surface area contributed by atoms with Gasteiger partial charge in [-0.05, 0) is 36.5 Å². The van der Waals surface area contributed by atoms with E-state index in [1.54, 1.807) is 6.07 Å². The van der Waals surface area contributed by atoms with Crippen LogP contribution in [0.25, 0.3) is 0 Å².